The maximum atomic E-state index is 11.6. The monoisotopic (exact) mass is 361 g/mol. The molecule has 22 heavy (non-hydrogen) atoms. The Morgan fingerprint density at radius 3 is 2.36 bits per heavy atom. The van der Waals surface area contributed by atoms with Gasteiger partial charge in [-0.1, -0.05) is 40.2 Å². The number of benzene rings is 2. The molecule has 116 valence electrons. The Morgan fingerprint density at radius 2 is 1.77 bits per heavy atom. The molecule has 0 radical (unpaired) electrons. The van der Waals surface area contributed by atoms with Crippen molar-refractivity contribution >= 4 is 21.9 Å². The summed E-state index contributed by atoms with van der Waals surface area (Å²) in [6.07, 6.45) is 0. The number of hydrogen-bond donors (Lipinski definition) is 1. The minimum absolute atomic E-state index is 0.208. The van der Waals surface area contributed by atoms with E-state index in [2.05, 4.69) is 40.3 Å². The van der Waals surface area contributed by atoms with Crippen LogP contribution in [-0.2, 0) is 11.3 Å². The first-order chi connectivity index (χ1) is 10.6. The predicted octanol–water partition coefficient (Wildman–Crippen LogP) is 4.48. The molecule has 1 unspecified atom stereocenters. The molecule has 0 heterocycles. The first-order valence-electron chi connectivity index (χ1n) is 7.35. The van der Waals surface area contributed by atoms with Gasteiger partial charge in [0.05, 0.1) is 12.2 Å². The SMILES string of the molecule is CCOC(=O)c1ccc(C(C)NCc2ccc(Br)cc2)cc1. The zero-order valence-corrected chi connectivity index (χ0v) is 14.4. The molecule has 2 aromatic carbocycles. The van der Waals surface area contributed by atoms with Gasteiger partial charge < -0.3 is 10.1 Å². The number of rotatable bonds is 6. The molecule has 0 fully saturated rings. The van der Waals surface area contributed by atoms with Gasteiger partial charge in [-0.05, 0) is 49.2 Å². The van der Waals surface area contributed by atoms with Crippen molar-refractivity contribution in [3.05, 3.63) is 69.7 Å². The van der Waals surface area contributed by atoms with Crippen LogP contribution in [-0.4, -0.2) is 12.6 Å². The van der Waals surface area contributed by atoms with Crippen LogP contribution in [0.15, 0.2) is 53.0 Å². The van der Waals surface area contributed by atoms with Crippen LogP contribution in [0.25, 0.3) is 0 Å². The molecular formula is C18H20BrNO2. The van der Waals surface area contributed by atoms with E-state index in [0.29, 0.717) is 12.2 Å². The first-order valence-corrected chi connectivity index (χ1v) is 8.14. The van der Waals surface area contributed by atoms with Crippen molar-refractivity contribution in [2.75, 3.05) is 6.61 Å². The second kappa shape index (κ2) is 8.11. The third kappa shape index (κ3) is 4.68. The van der Waals surface area contributed by atoms with E-state index in [1.807, 2.05) is 36.4 Å². The fourth-order valence-corrected chi connectivity index (χ4v) is 2.38. The minimum atomic E-state index is -0.274. The Hall–Kier alpha value is -1.65. The Morgan fingerprint density at radius 1 is 1.14 bits per heavy atom. The summed E-state index contributed by atoms with van der Waals surface area (Å²) in [5, 5.41) is 3.48. The van der Waals surface area contributed by atoms with E-state index in [0.717, 1.165) is 16.6 Å². The highest BCUT2D eigenvalue weighted by molar-refractivity contribution is 9.10. The number of carbonyl (C=O) groups excluding carboxylic acids is 1. The Bertz CT molecular complexity index is 608. The molecule has 4 heteroatoms. The largest absolute Gasteiger partial charge is 0.462 e. The Balaban J connectivity index is 1.93. The molecule has 0 aliphatic rings. The third-order valence-electron chi connectivity index (χ3n) is 3.45. The molecule has 0 bridgehead atoms. The van der Waals surface area contributed by atoms with Crippen LogP contribution in [0.2, 0.25) is 0 Å². The summed E-state index contributed by atoms with van der Waals surface area (Å²) in [7, 11) is 0. The molecule has 2 aromatic rings. The van der Waals surface area contributed by atoms with Gasteiger partial charge in [-0.3, -0.25) is 0 Å². The van der Waals surface area contributed by atoms with Gasteiger partial charge in [-0.15, -0.1) is 0 Å². The molecule has 0 saturated carbocycles. The van der Waals surface area contributed by atoms with Crippen molar-refractivity contribution in [2.24, 2.45) is 0 Å². The summed E-state index contributed by atoms with van der Waals surface area (Å²) >= 11 is 3.43. The molecule has 2 rings (SSSR count). The fraction of sp³-hybridized carbons (Fsp3) is 0.278. The van der Waals surface area contributed by atoms with Crippen molar-refractivity contribution in [1.82, 2.24) is 5.32 Å². The van der Waals surface area contributed by atoms with Crippen LogP contribution in [0.1, 0.15) is 41.4 Å². The van der Waals surface area contributed by atoms with E-state index < -0.39 is 0 Å². The lowest BCUT2D eigenvalue weighted by atomic mass is 10.1. The van der Waals surface area contributed by atoms with Gasteiger partial charge in [-0.25, -0.2) is 4.79 Å². The van der Waals surface area contributed by atoms with Gasteiger partial charge >= 0.3 is 5.97 Å². The van der Waals surface area contributed by atoms with Crippen molar-refractivity contribution in [3.8, 4) is 0 Å². The number of carbonyl (C=O) groups is 1. The summed E-state index contributed by atoms with van der Waals surface area (Å²) in [4.78, 5) is 11.6. The highest BCUT2D eigenvalue weighted by Crippen LogP contribution is 2.16. The molecule has 0 aliphatic carbocycles. The lowest BCUT2D eigenvalue weighted by Gasteiger charge is -2.15. The molecular weight excluding hydrogens is 342 g/mol. The number of hydrogen-bond acceptors (Lipinski definition) is 3. The van der Waals surface area contributed by atoms with Crippen LogP contribution in [0.3, 0.4) is 0 Å². The molecule has 0 amide bonds. The maximum absolute atomic E-state index is 11.6. The Kier molecular flexibility index (Phi) is 6.16. The number of esters is 1. The highest BCUT2D eigenvalue weighted by Gasteiger charge is 2.09. The van der Waals surface area contributed by atoms with Crippen molar-refractivity contribution in [3.63, 3.8) is 0 Å². The molecule has 0 aromatic heterocycles. The quantitative estimate of drug-likeness (QED) is 0.771. The summed E-state index contributed by atoms with van der Waals surface area (Å²) in [6, 6.07) is 16.0. The van der Waals surface area contributed by atoms with Gasteiger partial charge in [0, 0.05) is 17.1 Å². The standard InChI is InChI=1S/C18H20BrNO2/c1-3-22-18(21)16-8-6-15(7-9-16)13(2)20-12-14-4-10-17(19)11-5-14/h4-11,13,20H,3,12H2,1-2H3. The topological polar surface area (TPSA) is 38.3 Å². The zero-order valence-electron chi connectivity index (χ0n) is 12.8. The lowest BCUT2D eigenvalue weighted by molar-refractivity contribution is 0.0526. The van der Waals surface area contributed by atoms with Crippen molar-refractivity contribution in [2.45, 2.75) is 26.4 Å². The van der Waals surface area contributed by atoms with Gasteiger partial charge in [0.2, 0.25) is 0 Å². The summed E-state index contributed by atoms with van der Waals surface area (Å²) in [5.74, 6) is -0.274. The van der Waals surface area contributed by atoms with E-state index in [9.17, 15) is 4.79 Å². The van der Waals surface area contributed by atoms with Crippen LogP contribution in [0, 0.1) is 0 Å². The number of nitrogens with one attached hydrogen (secondary N) is 1. The second-order valence-corrected chi connectivity index (χ2v) is 5.99. The van der Waals surface area contributed by atoms with Gasteiger partial charge in [0.15, 0.2) is 0 Å². The van der Waals surface area contributed by atoms with Crippen LogP contribution in [0.5, 0.6) is 0 Å². The average molecular weight is 362 g/mol. The first kappa shape index (κ1) is 16.7. The summed E-state index contributed by atoms with van der Waals surface area (Å²) in [6.45, 7) is 5.11. The van der Waals surface area contributed by atoms with E-state index in [4.69, 9.17) is 4.74 Å². The van der Waals surface area contributed by atoms with E-state index in [1.54, 1.807) is 6.92 Å². The molecule has 0 spiro atoms. The molecule has 1 atom stereocenters. The zero-order chi connectivity index (χ0) is 15.9. The highest BCUT2D eigenvalue weighted by atomic mass is 79.9. The second-order valence-electron chi connectivity index (χ2n) is 5.07. The summed E-state index contributed by atoms with van der Waals surface area (Å²) < 4.78 is 6.07. The molecule has 0 aliphatic heterocycles. The van der Waals surface area contributed by atoms with Crippen LogP contribution >= 0.6 is 15.9 Å². The lowest BCUT2D eigenvalue weighted by Crippen LogP contribution is -2.18. The van der Waals surface area contributed by atoms with Gasteiger partial charge in [0.1, 0.15) is 0 Å². The maximum Gasteiger partial charge on any atom is 0.338 e. The van der Waals surface area contributed by atoms with E-state index in [1.165, 1.54) is 5.56 Å². The normalized spacial score (nSPS) is 12.0. The smallest absolute Gasteiger partial charge is 0.338 e. The fourth-order valence-electron chi connectivity index (χ4n) is 2.11. The minimum Gasteiger partial charge on any atom is -0.462 e. The number of ether oxygens (including phenoxy) is 1. The average Bonchev–Trinajstić information content (AvgIpc) is 2.54. The number of halogens is 1. The van der Waals surface area contributed by atoms with E-state index >= 15 is 0 Å². The van der Waals surface area contributed by atoms with Crippen molar-refractivity contribution < 1.29 is 9.53 Å². The van der Waals surface area contributed by atoms with Crippen LogP contribution < -0.4 is 5.32 Å². The van der Waals surface area contributed by atoms with E-state index in [-0.39, 0.29) is 12.0 Å². The molecule has 0 saturated heterocycles. The third-order valence-corrected chi connectivity index (χ3v) is 3.98. The molecule has 1 N–H and O–H groups in total. The van der Waals surface area contributed by atoms with Crippen LogP contribution in [0.4, 0.5) is 0 Å². The summed E-state index contributed by atoms with van der Waals surface area (Å²) in [5.41, 5.74) is 2.97. The van der Waals surface area contributed by atoms with Crippen molar-refractivity contribution in [1.29, 1.82) is 0 Å². The predicted molar refractivity (Wildman–Crippen MR) is 91.8 cm³/mol. The van der Waals surface area contributed by atoms with Gasteiger partial charge in [0.25, 0.3) is 0 Å². The van der Waals surface area contributed by atoms with Gasteiger partial charge in [-0.2, -0.15) is 0 Å². The Labute approximate surface area is 139 Å². The molecule has 3 nitrogen and oxygen atoms in total.